The lowest BCUT2D eigenvalue weighted by Crippen LogP contribution is -2.13. The van der Waals surface area contributed by atoms with E-state index in [2.05, 4.69) is 38.1 Å². The van der Waals surface area contributed by atoms with Gasteiger partial charge in [0.1, 0.15) is 6.61 Å². The van der Waals surface area contributed by atoms with Crippen LogP contribution in [-0.4, -0.2) is 23.7 Å². The molecule has 0 unspecified atom stereocenters. The first-order chi connectivity index (χ1) is 13.1. The molecule has 0 bridgehead atoms. The molecule has 3 nitrogen and oxygen atoms in total. The van der Waals surface area contributed by atoms with Crippen molar-refractivity contribution in [2.24, 2.45) is 10.9 Å². The fourth-order valence-corrected chi connectivity index (χ4v) is 3.64. The lowest BCUT2D eigenvalue weighted by molar-refractivity contribution is 0.180. The minimum atomic E-state index is -0.583. The minimum Gasteiger partial charge on any atom is -0.475 e. The first-order valence-corrected chi connectivity index (χ1v) is 9.58. The summed E-state index contributed by atoms with van der Waals surface area (Å²) < 4.78 is 5.88. The monoisotopic (exact) mass is 359 g/mol. The van der Waals surface area contributed by atoms with E-state index in [1.807, 2.05) is 42.5 Å². The highest BCUT2D eigenvalue weighted by Gasteiger charge is 2.25. The second kappa shape index (κ2) is 7.53. The van der Waals surface area contributed by atoms with Crippen LogP contribution in [0, 0.1) is 5.92 Å². The number of nitrogens with zero attached hydrogens (tertiary/aromatic N) is 1. The Labute approximate surface area is 160 Å². The number of hydrogen-bond acceptors (Lipinski definition) is 3. The molecular formula is C24H25NO2. The van der Waals surface area contributed by atoms with Crippen molar-refractivity contribution in [3.63, 3.8) is 0 Å². The Hall–Kier alpha value is -2.65. The molecule has 0 aliphatic carbocycles. The smallest absolute Gasteiger partial charge is 0.216 e. The predicted octanol–water partition coefficient (Wildman–Crippen LogP) is 4.92. The molecule has 3 heteroatoms. The number of aliphatic hydroxyl groups excluding tert-OH is 1. The van der Waals surface area contributed by atoms with Gasteiger partial charge in [0.2, 0.25) is 5.90 Å². The van der Waals surface area contributed by atoms with E-state index < -0.39 is 6.10 Å². The molecular weight excluding hydrogens is 334 g/mol. The molecule has 1 aliphatic rings. The second-order valence-electron chi connectivity index (χ2n) is 7.50. The Morgan fingerprint density at radius 3 is 2.56 bits per heavy atom. The van der Waals surface area contributed by atoms with Crippen LogP contribution in [0.2, 0.25) is 0 Å². The van der Waals surface area contributed by atoms with Crippen molar-refractivity contribution >= 4 is 16.7 Å². The molecule has 0 spiro atoms. The third-order valence-electron chi connectivity index (χ3n) is 5.29. The Balaban J connectivity index is 1.65. The van der Waals surface area contributed by atoms with E-state index in [4.69, 9.17) is 9.73 Å². The fraction of sp³-hybridized carbons (Fsp3) is 0.292. The number of ether oxygens (including phenoxy) is 1. The maximum absolute atomic E-state index is 11.0. The van der Waals surface area contributed by atoms with E-state index in [-0.39, 0.29) is 6.04 Å². The van der Waals surface area contributed by atoms with Gasteiger partial charge in [-0.2, -0.15) is 0 Å². The molecule has 27 heavy (non-hydrogen) atoms. The van der Waals surface area contributed by atoms with Gasteiger partial charge in [0.25, 0.3) is 0 Å². The van der Waals surface area contributed by atoms with Crippen LogP contribution in [0.1, 0.15) is 36.6 Å². The molecule has 0 aromatic heterocycles. The van der Waals surface area contributed by atoms with E-state index >= 15 is 0 Å². The van der Waals surface area contributed by atoms with Crippen molar-refractivity contribution in [2.45, 2.75) is 32.4 Å². The standard InChI is InChI=1S/C24H25NO2/c1-16(2)22-15-27-24(25-22)20-12-6-4-9-18(20)14-23(26)21-13-7-10-17-8-3-5-11-19(17)21/h3-13,16,22-23,26H,14-15H2,1-2H3/t22-,23+/m1/s1. The molecule has 138 valence electrons. The van der Waals surface area contributed by atoms with Gasteiger partial charge in [-0.3, -0.25) is 0 Å². The van der Waals surface area contributed by atoms with Crippen molar-refractivity contribution in [3.05, 3.63) is 83.4 Å². The van der Waals surface area contributed by atoms with E-state index in [1.165, 1.54) is 0 Å². The topological polar surface area (TPSA) is 41.8 Å². The van der Waals surface area contributed by atoms with Gasteiger partial charge in [0.15, 0.2) is 0 Å². The Bertz CT molecular complexity index is 972. The second-order valence-corrected chi connectivity index (χ2v) is 7.50. The zero-order chi connectivity index (χ0) is 18.8. The van der Waals surface area contributed by atoms with Gasteiger partial charge in [-0.1, -0.05) is 74.5 Å². The van der Waals surface area contributed by atoms with E-state index in [1.54, 1.807) is 0 Å². The quantitative estimate of drug-likeness (QED) is 0.703. The molecule has 0 radical (unpaired) electrons. The predicted molar refractivity (Wildman–Crippen MR) is 110 cm³/mol. The number of hydrogen-bond donors (Lipinski definition) is 1. The molecule has 0 amide bonds. The summed E-state index contributed by atoms with van der Waals surface area (Å²) in [5, 5.41) is 13.2. The lowest BCUT2D eigenvalue weighted by Gasteiger charge is -2.16. The third-order valence-corrected chi connectivity index (χ3v) is 5.29. The maximum Gasteiger partial charge on any atom is 0.216 e. The first-order valence-electron chi connectivity index (χ1n) is 9.58. The summed E-state index contributed by atoms with van der Waals surface area (Å²) in [6.45, 7) is 4.96. The van der Waals surface area contributed by atoms with Crippen molar-refractivity contribution in [2.75, 3.05) is 6.61 Å². The summed E-state index contributed by atoms with van der Waals surface area (Å²) >= 11 is 0. The van der Waals surface area contributed by atoms with Gasteiger partial charge in [0.05, 0.1) is 12.1 Å². The number of aliphatic hydroxyl groups is 1. The zero-order valence-corrected chi connectivity index (χ0v) is 15.8. The minimum absolute atomic E-state index is 0.205. The van der Waals surface area contributed by atoms with Crippen molar-refractivity contribution < 1.29 is 9.84 Å². The summed E-state index contributed by atoms with van der Waals surface area (Å²) in [7, 11) is 0. The average Bonchev–Trinajstić information content (AvgIpc) is 3.18. The average molecular weight is 359 g/mol. The van der Waals surface area contributed by atoms with Gasteiger partial charge in [-0.15, -0.1) is 0 Å². The SMILES string of the molecule is CC(C)[C@H]1COC(c2ccccc2C[C@H](O)c2cccc3ccccc23)=N1. The van der Waals surface area contributed by atoms with E-state index in [9.17, 15) is 5.11 Å². The molecule has 0 fully saturated rings. The van der Waals surface area contributed by atoms with Crippen LogP contribution in [0.4, 0.5) is 0 Å². The van der Waals surface area contributed by atoms with Gasteiger partial charge in [-0.05, 0) is 33.9 Å². The van der Waals surface area contributed by atoms with Crippen molar-refractivity contribution in [1.29, 1.82) is 0 Å². The molecule has 1 N–H and O–H groups in total. The normalized spacial score (nSPS) is 17.8. The van der Waals surface area contributed by atoms with Gasteiger partial charge in [0, 0.05) is 12.0 Å². The molecule has 4 rings (SSSR count). The van der Waals surface area contributed by atoms with Gasteiger partial charge < -0.3 is 9.84 Å². The Morgan fingerprint density at radius 1 is 1.00 bits per heavy atom. The fourth-order valence-electron chi connectivity index (χ4n) is 3.64. The van der Waals surface area contributed by atoms with Crippen LogP contribution in [0.5, 0.6) is 0 Å². The van der Waals surface area contributed by atoms with Crippen molar-refractivity contribution in [3.8, 4) is 0 Å². The number of rotatable bonds is 5. The van der Waals surface area contributed by atoms with Gasteiger partial charge in [-0.25, -0.2) is 4.99 Å². The summed E-state index contributed by atoms with van der Waals surface area (Å²) in [4.78, 5) is 4.76. The van der Waals surface area contributed by atoms with Crippen LogP contribution in [0.15, 0.2) is 71.7 Å². The Kier molecular flexibility index (Phi) is 4.95. The number of fused-ring (bicyclic) bond motifs is 1. The van der Waals surface area contributed by atoms with E-state index in [0.29, 0.717) is 24.8 Å². The van der Waals surface area contributed by atoms with Crippen LogP contribution >= 0.6 is 0 Å². The Morgan fingerprint density at radius 2 is 1.74 bits per heavy atom. The summed E-state index contributed by atoms with van der Waals surface area (Å²) in [6, 6.07) is 22.6. The maximum atomic E-state index is 11.0. The van der Waals surface area contributed by atoms with Crippen LogP contribution in [0.3, 0.4) is 0 Å². The molecule has 3 aromatic rings. The van der Waals surface area contributed by atoms with Crippen LogP contribution in [-0.2, 0) is 11.2 Å². The first kappa shape index (κ1) is 17.7. The molecule has 2 atom stereocenters. The zero-order valence-electron chi connectivity index (χ0n) is 15.8. The summed E-state index contributed by atoms with van der Waals surface area (Å²) in [5.41, 5.74) is 3.00. The summed E-state index contributed by atoms with van der Waals surface area (Å²) in [6.07, 6.45) is -0.0565. The largest absolute Gasteiger partial charge is 0.475 e. The third kappa shape index (κ3) is 3.60. The summed E-state index contributed by atoms with van der Waals surface area (Å²) in [5.74, 6) is 1.16. The number of aliphatic imine (C=N–C) groups is 1. The van der Waals surface area contributed by atoms with Crippen LogP contribution in [0.25, 0.3) is 10.8 Å². The van der Waals surface area contributed by atoms with Crippen molar-refractivity contribution in [1.82, 2.24) is 0 Å². The highest BCUT2D eigenvalue weighted by atomic mass is 16.5. The highest BCUT2D eigenvalue weighted by Crippen LogP contribution is 2.28. The molecule has 0 saturated carbocycles. The highest BCUT2D eigenvalue weighted by molar-refractivity contribution is 5.96. The molecule has 3 aromatic carbocycles. The molecule has 0 saturated heterocycles. The van der Waals surface area contributed by atoms with Crippen LogP contribution < -0.4 is 0 Å². The van der Waals surface area contributed by atoms with Gasteiger partial charge >= 0.3 is 0 Å². The number of benzene rings is 3. The molecule has 1 aliphatic heterocycles. The molecule has 1 heterocycles. The van der Waals surface area contributed by atoms with E-state index in [0.717, 1.165) is 27.5 Å². The lowest BCUT2D eigenvalue weighted by atomic mass is 9.94.